The standard InChI is InChI=1S/C25H30O5S2/c1-17-15-21(23(25(17,3)4)22(27)16-30-18(2)26)24(31(28)19-11-7-5-8-12-19)32(29)20-13-9-6-10-14-20/h5-14,17,21,23-24H,15-16H2,1-4H3/t17?,21-,23-,24?,31?,32?/m1/s1. The second kappa shape index (κ2) is 10.2. The number of esters is 1. The number of hydrogen-bond acceptors (Lipinski definition) is 5. The van der Waals surface area contributed by atoms with Crippen LogP contribution in [0.2, 0.25) is 0 Å². The lowest BCUT2D eigenvalue weighted by Crippen LogP contribution is -2.41. The Kier molecular flexibility index (Phi) is 7.83. The molecule has 0 spiro atoms. The molecule has 1 aliphatic carbocycles. The topological polar surface area (TPSA) is 77.5 Å². The SMILES string of the molecule is CC(=O)OCC(=O)[C@H]1[C@H](C(S(=O)c2ccccc2)S(=O)c2ccccc2)CC(C)C1(C)C. The number of carbonyl (C=O) groups is 2. The first-order valence-corrected chi connectivity index (χ1v) is 13.1. The fourth-order valence-corrected chi connectivity index (χ4v) is 8.53. The first kappa shape index (κ1) is 24.5. The molecular weight excluding hydrogens is 444 g/mol. The minimum Gasteiger partial charge on any atom is -0.458 e. The summed E-state index contributed by atoms with van der Waals surface area (Å²) in [5.41, 5.74) is -0.415. The van der Waals surface area contributed by atoms with Gasteiger partial charge in [-0.05, 0) is 47.9 Å². The molecule has 0 heterocycles. The van der Waals surface area contributed by atoms with Crippen LogP contribution < -0.4 is 0 Å². The predicted octanol–water partition coefficient (Wildman–Crippen LogP) is 4.36. The third-order valence-corrected chi connectivity index (χ3v) is 10.7. The van der Waals surface area contributed by atoms with Crippen molar-refractivity contribution in [3.63, 3.8) is 0 Å². The molecule has 32 heavy (non-hydrogen) atoms. The van der Waals surface area contributed by atoms with Gasteiger partial charge in [0, 0.05) is 22.6 Å². The van der Waals surface area contributed by atoms with Crippen LogP contribution >= 0.6 is 0 Å². The van der Waals surface area contributed by atoms with E-state index in [2.05, 4.69) is 6.92 Å². The van der Waals surface area contributed by atoms with Gasteiger partial charge in [-0.2, -0.15) is 0 Å². The van der Waals surface area contributed by atoms with Gasteiger partial charge in [0.25, 0.3) is 0 Å². The van der Waals surface area contributed by atoms with Gasteiger partial charge in [-0.25, -0.2) is 0 Å². The molecular formula is C25H30O5S2. The van der Waals surface area contributed by atoms with E-state index in [1.165, 1.54) is 6.92 Å². The molecule has 2 aromatic carbocycles. The Hall–Kier alpha value is -2.12. The third-order valence-electron chi connectivity index (χ3n) is 6.61. The van der Waals surface area contributed by atoms with Gasteiger partial charge in [-0.1, -0.05) is 57.2 Å². The Morgan fingerprint density at radius 3 is 1.88 bits per heavy atom. The van der Waals surface area contributed by atoms with Crippen molar-refractivity contribution in [3.8, 4) is 0 Å². The van der Waals surface area contributed by atoms with E-state index < -0.39 is 43.5 Å². The molecule has 0 N–H and O–H groups in total. The lowest BCUT2D eigenvalue weighted by Gasteiger charge is -2.34. The molecule has 0 bridgehead atoms. The van der Waals surface area contributed by atoms with E-state index in [1.54, 1.807) is 48.5 Å². The van der Waals surface area contributed by atoms with Crippen LogP contribution in [-0.2, 0) is 35.9 Å². The zero-order valence-corrected chi connectivity index (χ0v) is 20.5. The second-order valence-electron chi connectivity index (χ2n) is 8.94. The predicted molar refractivity (Wildman–Crippen MR) is 126 cm³/mol. The van der Waals surface area contributed by atoms with Gasteiger partial charge in [-0.3, -0.25) is 18.0 Å². The third kappa shape index (κ3) is 5.09. The first-order valence-electron chi connectivity index (χ1n) is 10.7. The Labute approximate surface area is 194 Å². The molecule has 2 aromatic rings. The van der Waals surface area contributed by atoms with Gasteiger partial charge >= 0.3 is 5.97 Å². The quantitative estimate of drug-likeness (QED) is 0.531. The van der Waals surface area contributed by atoms with E-state index in [4.69, 9.17) is 4.74 Å². The number of ketones is 1. The van der Waals surface area contributed by atoms with Gasteiger partial charge in [0.05, 0.1) is 21.6 Å². The van der Waals surface area contributed by atoms with Crippen LogP contribution in [0.4, 0.5) is 0 Å². The molecule has 1 saturated carbocycles. The Bertz CT molecular complexity index is 952. The first-order chi connectivity index (χ1) is 15.1. The molecule has 7 heteroatoms. The molecule has 5 atom stereocenters. The summed E-state index contributed by atoms with van der Waals surface area (Å²) in [7, 11) is -3.20. The van der Waals surface area contributed by atoms with Crippen LogP contribution in [0.5, 0.6) is 0 Å². The van der Waals surface area contributed by atoms with Gasteiger partial charge in [-0.15, -0.1) is 0 Å². The molecule has 0 amide bonds. The summed E-state index contributed by atoms with van der Waals surface area (Å²) >= 11 is 0. The average molecular weight is 475 g/mol. The molecule has 0 saturated heterocycles. The normalized spacial score (nSPS) is 24.9. The Balaban J connectivity index is 2.07. The van der Waals surface area contributed by atoms with Crippen LogP contribution in [0.15, 0.2) is 70.5 Å². The lowest BCUT2D eigenvalue weighted by molar-refractivity contribution is -0.148. The highest BCUT2D eigenvalue weighted by Gasteiger charge is 2.55. The summed E-state index contributed by atoms with van der Waals surface area (Å²) in [6.45, 7) is 7.05. The molecule has 0 aliphatic heterocycles. The molecule has 172 valence electrons. The fraction of sp³-hybridized carbons (Fsp3) is 0.440. The maximum Gasteiger partial charge on any atom is 0.303 e. The lowest BCUT2D eigenvalue weighted by atomic mass is 9.73. The highest BCUT2D eigenvalue weighted by atomic mass is 32.2. The fourth-order valence-electron chi connectivity index (χ4n) is 4.67. The maximum atomic E-state index is 13.8. The minimum atomic E-state index is -1.60. The number of benzene rings is 2. The van der Waals surface area contributed by atoms with Crippen molar-refractivity contribution in [2.24, 2.45) is 23.2 Å². The van der Waals surface area contributed by atoms with Crippen molar-refractivity contribution in [2.45, 2.75) is 48.5 Å². The summed E-state index contributed by atoms with van der Waals surface area (Å²) in [6.07, 6.45) is 0.616. The largest absolute Gasteiger partial charge is 0.458 e. The van der Waals surface area contributed by atoms with Crippen molar-refractivity contribution in [1.82, 2.24) is 0 Å². The molecule has 3 rings (SSSR count). The van der Waals surface area contributed by atoms with Crippen molar-refractivity contribution < 1.29 is 22.7 Å². The summed E-state index contributed by atoms with van der Waals surface area (Å²) in [4.78, 5) is 25.8. The summed E-state index contributed by atoms with van der Waals surface area (Å²) in [6, 6.07) is 18.0. The number of Topliss-reactive ketones (excluding diaryl/α,β-unsaturated/α-hetero) is 1. The number of rotatable bonds is 8. The smallest absolute Gasteiger partial charge is 0.303 e. The maximum absolute atomic E-state index is 13.8. The van der Waals surface area contributed by atoms with Crippen LogP contribution in [-0.4, -0.2) is 31.4 Å². The van der Waals surface area contributed by atoms with Gasteiger partial charge in [0.2, 0.25) is 0 Å². The zero-order chi connectivity index (χ0) is 23.5. The highest BCUT2D eigenvalue weighted by Crippen LogP contribution is 2.54. The zero-order valence-electron chi connectivity index (χ0n) is 18.9. The Morgan fingerprint density at radius 1 is 0.969 bits per heavy atom. The van der Waals surface area contributed by atoms with Gasteiger partial charge in [0.1, 0.15) is 11.2 Å². The van der Waals surface area contributed by atoms with Crippen molar-refractivity contribution in [2.75, 3.05) is 6.61 Å². The molecule has 0 radical (unpaired) electrons. The van der Waals surface area contributed by atoms with Crippen molar-refractivity contribution >= 4 is 33.4 Å². The molecule has 0 aromatic heterocycles. The highest BCUT2D eigenvalue weighted by molar-refractivity contribution is 8.03. The van der Waals surface area contributed by atoms with Gasteiger partial charge in [0.15, 0.2) is 5.78 Å². The van der Waals surface area contributed by atoms with E-state index in [9.17, 15) is 18.0 Å². The molecule has 5 nitrogen and oxygen atoms in total. The minimum absolute atomic E-state index is 0.141. The van der Waals surface area contributed by atoms with Crippen molar-refractivity contribution in [3.05, 3.63) is 60.7 Å². The summed E-state index contributed by atoms with van der Waals surface area (Å²) in [5.74, 6) is -1.50. The molecule has 1 aliphatic rings. The van der Waals surface area contributed by atoms with E-state index in [1.807, 2.05) is 26.0 Å². The summed E-state index contributed by atoms with van der Waals surface area (Å²) < 4.78 is 31.9. The van der Waals surface area contributed by atoms with E-state index in [-0.39, 0.29) is 24.2 Å². The monoisotopic (exact) mass is 474 g/mol. The number of carbonyl (C=O) groups excluding carboxylic acids is 2. The van der Waals surface area contributed by atoms with E-state index in [0.29, 0.717) is 16.2 Å². The number of hydrogen-bond donors (Lipinski definition) is 0. The molecule has 1 fully saturated rings. The van der Waals surface area contributed by atoms with Gasteiger partial charge < -0.3 is 4.74 Å². The second-order valence-corrected chi connectivity index (χ2v) is 12.4. The van der Waals surface area contributed by atoms with Crippen LogP contribution in [0, 0.1) is 23.2 Å². The number of ether oxygens (including phenoxy) is 1. The average Bonchev–Trinajstić information content (AvgIpc) is 3.01. The van der Waals surface area contributed by atoms with Crippen LogP contribution in [0.25, 0.3) is 0 Å². The Morgan fingerprint density at radius 2 is 1.44 bits per heavy atom. The van der Waals surface area contributed by atoms with E-state index in [0.717, 1.165) is 0 Å². The van der Waals surface area contributed by atoms with E-state index >= 15 is 0 Å². The van der Waals surface area contributed by atoms with Crippen LogP contribution in [0.1, 0.15) is 34.1 Å². The van der Waals surface area contributed by atoms with Crippen LogP contribution in [0.3, 0.4) is 0 Å². The van der Waals surface area contributed by atoms with Crippen molar-refractivity contribution in [1.29, 1.82) is 0 Å². The molecule has 3 unspecified atom stereocenters. The summed E-state index contributed by atoms with van der Waals surface area (Å²) in [5, 5.41) is 0.